The summed E-state index contributed by atoms with van der Waals surface area (Å²) in [6.07, 6.45) is 0. The summed E-state index contributed by atoms with van der Waals surface area (Å²) in [4.78, 5) is 0. The molecule has 0 aromatic heterocycles. The summed E-state index contributed by atoms with van der Waals surface area (Å²) < 4.78 is 0. The minimum atomic E-state index is -0.0622. The fourth-order valence-corrected chi connectivity index (χ4v) is 3.13. The Morgan fingerprint density at radius 3 is 1.87 bits per heavy atom. The van der Waals surface area contributed by atoms with Crippen LogP contribution in [0.3, 0.4) is 0 Å². The lowest BCUT2D eigenvalue weighted by Crippen LogP contribution is -1.87. The molecule has 112 valence electrons. The Bertz CT molecular complexity index is 1050. The Morgan fingerprint density at radius 1 is 0.478 bits per heavy atom. The van der Waals surface area contributed by atoms with Gasteiger partial charge in [-0.05, 0) is 22.2 Å². The Hall–Kier alpha value is -3.20. The lowest BCUT2D eigenvalue weighted by molar-refractivity contribution is 0.454. The van der Waals surface area contributed by atoms with Crippen molar-refractivity contribution in [2.75, 3.05) is 0 Å². The van der Waals surface area contributed by atoms with E-state index in [1.54, 1.807) is 12.1 Å². The second-order valence-electron chi connectivity index (χ2n) is 5.52. The topological polar surface area (TPSA) is 60.7 Å². The zero-order valence-corrected chi connectivity index (χ0v) is 12.2. The van der Waals surface area contributed by atoms with Crippen molar-refractivity contribution in [3.8, 4) is 28.4 Å². The third-order valence-electron chi connectivity index (χ3n) is 4.16. The molecular formula is C20H14O3. The molecule has 0 unspecified atom stereocenters. The maximum absolute atomic E-state index is 10.5. The summed E-state index contributed by atoms with van der Waals surface area (Å²) in [5, 5.41) is 34.1. The molecule has 3 nitrogen and oxygen atoms in total. The van der Waals surface area contributed by atoms with Gasteiger partial charge in [0.15, 0.2) is 0 Å². The van der Waals surface area contributed by atoms with Gasteiger partial charge in [0.25, 0.3) is 0 Å². The zero-order valence-electron chi connectivity index (χ0n) is 12.2. The molecule has 0 spiro atoms. The van der Waals surface area contributed by atoms with Crippen LogP contribution < -0.4 is 0 Å². The molecule has 0 saturated heterocycles. The van der Waals surface area contributed by atoms with E-state index in [0.717, 1.165) is 10.8 Å². The minimum absolute atomic E-state index is 0.0153. The van der Waals surface area contributed by atoms with Crippen LogP contribution in [0.5, 0.6) is 17.2 Å². The Balaban J connectivity index is 2.22. The lowest BCUT2D eigenvalue weighted by Gasteiger charge is -2.14. The number of hydrogen-bond acceptors (Lipinski definition) is 3. The van der Waals surface area contributed by atoms with Gasteiger partial charge >= 0.3 is 0 Å². The highest BCUT2D eigenvalue weighted by atomic mass is 16.3. The number of fused-ring (bicyclic) bond motifs is 2. The molecule has 4 aromatic carbocycles. The molecule has 0 heterocycles. The quantitative estimate of drug-likeness (QED) is 0.474. The van der Waals surface area contributed by atoms with Crippen LogP contribution in [0.1, 0.15) is 0 Å². The number of benzene rings is 4. The van der Waals surface area contributed by atoms with Crippen molar-refractivity contribution < 1.29 is 15.3 Å². The third kappa shape index (κ3) is 1.98. The van der Waals surface area contributed by atoms with E-state index in [0.29, 0.717) is 21.9 Å². The van der Waals surface area contributed by atoms with E-state index in [4.69, 9.17) is 0 Å². The first kappa shape index (κ1) is 13.5. The fraction of sp³-hybridized carbons (Fsp3) is 0. The van der Waals surface area contributed by atoms with E-state index in [2.05, 4.69) is 0 Å². The number of phenolic OH excluding ortho intramolecular Hbond substituents is 3. The van der Waals surface area contributed by atoms with E-state index < -0.39 is 0 Å². The summed E-state index contributed by atoms with van der Waals surface area (Å²) in [6, 6.07) is 19.7. The molecule has 4 rings (SSSR count). The van der Waals surface area contributed by atoms with E-state index >= 15 is 0 Å². The first-order valence-corrected chi connectivity index (χ1v) is 7.31. The van der Waals surface area contributed by atoms with Crippen LogP contribution in [0.25, 0.3) is 32.7 Å². The minimum Gasteiger partial charge on any atom is -0.507 e. The molecule has 3 N–H and O–H groups in total. The predicted molar refractivity (Wildman–Crippen MR) is 91.9 cm³/mol. The summed E-state index contributed by atoms with van der Waals surface area (Å²) in [6.45, 7) is 0. The van der Waals surface area contributed by atoms with E-state index in [-0.39, 0.29) is 17.2 Å². The van der Waals surface area contributed by atoms with Crippen molar-refractivity contribution in [3.63, 3.8) is 0 Å². The molecule has 23 heavy (non-hydrogen) atoms. The van der Waals surface area contributed by atoms with Crippen molar-refractivity contribution in [2.24, 2.45) is 0 Å². The molecule has 0 aliphatic rings. The number of aromatic hydroxyl groups is 3. The van der Waals surface area contributed by atoms with Crippen molar-refractivity contribution in [2.45, 2.75) is 0 Å². The van der Waals surface area contributed by atoms with Crippen molar-refractivity contribution >= 4 is 21.5 Å². The Kier molecular flexibility index (Phi) is 2.88. The van der Waals surface area contributed by atoms with Gasteiger partial charge in [0.1, 0.15) is 17.2 Å². The van der Waals surface area contributed by atoms with Crippen LogP contribution in [0.4, 0.5) is 0 Å². The SMILES string of the molecule is Oc1ccc2ccccc2c1-c1c(O)cc(O)c2ccccc12. The monoisotopic (exact) mass is 302 g/mol. The van der Waals surface area contributed by atoms with Crippen LogP contribution in [-0.4, -0.2) is 15.3 Å². The van der Waals surface area contributed by atoms with Gasteiger partial charge in [-0.15, -0.1) is 0 Å². The second kappa shape index (κ2) is 4.92. The smallest absolute Gasteiger partial charge is 0.127 e. The van der Waals surface area contributed by atoms with E-state index in [1.165, 1.54) is 6.07 Å². The van der Waals surface area contributed by atoms with Crippen LogP contribution in [0.15, 0.2) is 66.7 Å². The zero-order chi connectivity index (χ0) is 16.0. The van der Waals surface area contributed by atoms with Crippen molar-refractivity contribution in [1.82, 2.24) is 0 Å². The van der Waals surface area contributed by atoms with Gasteiger partial charge in [-0.1, -0.05) is 54.6 Å². The second-order valence-corrected chi connectivity index (χ2v) is 5.52. The standard InChI is InChI=1S/C20H14O3/c21-16-10-9-12-5-1-2-6-13(12)19(16)20-15-8-4-3-7-14(15)17(22)11-18(20)23/h1-11,21-23H. The molecule has 0 saturated carbocycles. The molecule has 4 aromatic rings. The first-order chi connectivity index (χ1) is 11.2. The molecule has 0 aliphatic heterocycles. The summed E-state index contributed by atoms with van der Waals surface area (Å²) >= 11 is 0. The van der Waals surface area contributed by atoms with Crippen molar-refractivity contribution in [3.05, 3.63) is 66.7 Å². The van der Waals surface area contributed by atoms with Crippen LogP contribution in [0.2, 0.25) is 0 Å². The summed E-state index contributed by atoms with van der Waals surface area (Å²) in [5.41, 5.74) is 1.09. The molecule has 0 aliphatic carbocycles. The maximum Gasteiger partial charge on any atom is 0.127 e. The number of phenols is 3. The van der Waals surface area contributed by atoms with Gasteiger partial charge in [0.2, 0.25) is 0 Å². The van der Waals surface area contributed by atoms with Gasteiger partial charge in [0.05, 0.1) is 0 Å². The van der Waals surface area contributed by atoms with E-state index in [1.807, 2.05) is 48.5 Å². The summed E-state index contributed by atoms with van der Waals surface area (Å²) in [5.74, 6) is 0.0456. The van der Waals surface area contributed by atoms with Crippen LogP contribution in [0, 0.1) is 0 Å². The first-order valence-electron chi connectivity index (χ1n) is 7.31. The average molecular weight is 302 g/mol. The molecule has 3 heteroatoms. The van der Waals surface area contributed by atoms with Gasteiger partial charge in [-0.2, -0.15) is 0 Å². The highest BCUT2D eigenvalue weighted by Crippen LogP contribution is 2.46. The molecule has 0 radical (unpaired) electrons. The largest absolute Gasteiger partial charge is 0.507 e. The lowest BCUT2D eigenvalue weighted by atomic mass is 9.92. The van der Waals surface area contributed by atoms with E-state index in [9.17, 15) is 15.3 Å². The Labute approximate surface area is 132 Å². The molecule has 0 fully saturated rings. The predicted octanol–water partition coefficient (Wildman–Crippen LogP) is 4.78. The number of rotatable bonds is 1. The van der Waals surface area contributed by atoms with Gasteiger partial charge in [-0.25, -0.2) is 0 Å². The highest BCUT2D eigenvalue weighted by molar-refractivity contribution is 6.10. The third-order valence-corrected chi connectivity index (χ3v) is 4.16. The normalized spacial score (nSPS) is 11.1. The van der Waals surface area contributed by atoms with Gasteiger partial charge < -0.3 is 15.3 Å². The van der Waals surface area contributed by atoms with Crippen molar-refractivity contribution in [1.29, 1.82) is 0 Å². The van der Waals surface area contributed by atoms with Crippen LogP contribution in [-0.2, 0) is 0 Å². The fourth-order valence-electron chi connectivity index (χ4n) is 3.13. The maximum atomic E-state index is 10.5. The average Bonchev–Trinajstić information content (AvgIpc) is 2.57. The Morgan fingerprint density at radius 2 is 1.09 bits per heavy atom. The molecule has 0 bridgehead atoms. The molecule has 0 atom stereocenters. The molecular weight excluding hydrogens is 288 g/mol. The van der Waals surface area contributed by atoms with Gasteiger partial charge in [0, 0.05) is 22.6 Å². The molecule has 0 amide bonds. The van der Waals surface area contributed by atoms with Gasteiger partial charge in [-0.3, -0.25) is 0 Å². The summed E-state index contributed by atoms with van der Waals surface area (Å²) in [7, 11) is 0. The number of hydrogen-bond donors (Lipinski definition) is 3. The van der Waals surface area contributed by atoms with Crippen LogP contribution >= 0.6 is 0 Å². The highest BCUT2D eigenvalue weighted by Gasteiger charge is 2.18.